The van der Waals surface area contributed by atoms with Crippen LogP contribution >= 0.6 is 27.5 Å². The molecule has 0 aliphatic carbocycles. The second-order valence-electron chi connectivity index (χ2n) is 6.83. The molecule has 0 fully saturated rings. The lowest BCUT2D eigenvalue weighted by Crippen LogP contribution is -2.11. The van der Waals surface area contributed by atoms with Crippen molar-refractivity contribution in [1.29, 1.82) is 0 Å². The Balaban J connectivity index is 1.49. The smallest absolute Gasteiger partial charge is 0.226 e. The minimum absolute atomic E-state index is 0.0545. The van der Waals surface area contributed by atoms with Crippen molar-refractivity contribution in [3.63, 3.8) is 0 Å². The molecule has 0 saturated carbocycles. The number of para-hydroxylation sites is 1. The number of fused-ring (bicyclic) bond motifs is 2. The van der Waals surface area contributed by atoms with Gasteiger partial charge in [-0.1, -0.05) is 52.3 Å². The van der Waals surface area contributed by atoms with Gasteiger partial charge in [-0.05, 0) is 29.8 Å². The largest absolute Gasteiger partial charge is 0.337 e. The summed E-state index contributed by atoms with van der Waals surface area (Å²) >= 11 is 9.60. The van der Waals surface area contributed by atoms with Crippen LogP contribution in [0.5, 0.6) is 0 Å². The van der Waals surface area contributed by atoms with Crippen LogP contribution in [0.15, 0.2) is 71.6 Å². The Kier molecular flexibility index (Phi) is 5.09. The number of anilines is 2. The van der Waals surface area contributed by atoms with Crippen LogP contribution < -0.4 is 5.32 Å². The van der Waals surface area contributed by atoms with E-state index in [9.17, 15) is 4.79 Å². The predicted octanol–water partition coefficient (Wildman–Crippen LogP) is 5.42. The lowest BCUT2D eigenvalue weighted by atomic mass is 10.1. The van der Waals surface area contributed by atoms with Crippen LogP contribution in [0.25, 0.3) is 22.1 Å². The number of benzene rings is 2. The summed E-state index contributed by atoms with van der Waals surface area (Å²) in [6.45, 7) is 0.0728. The standard InChI is InChI=1S/C22H14BrClN6O/c23-16-7-3-2-6-15(16)18(31)11-30-12-26-19-20(28-22(24)29-21(19)30)27-14-9-13-5-1-4-8-17(13)25-10-14/h1-10,12H,11H2,(H,27,28,29). The normalized spacial score (nSPS) is 11.2. The number of carbonyl (C=O) groups excluding carboxylic acids is 1. The van der Waals surface area contributed by atoms with E-state index in [4.69, 9.17) is 11.6 Å². The SMILES string of the molecule is O=C(Cn1cnc2c(Nc3cnc4ccccc4c3)nc(Cl)nc21)c1ccccc1Br. The number of Topliss-reactive ketones (excluding diaryl/α,β-unsaturated/α-hetero) is 1. The van der Waals surface area contributed by atoms with Crippen LogP contribution in [0.3, 0.4) is 0 Å². The first-order valence-electron chi connectivity index (χ1n) is 9.36. The summed E-state index contributed by atoms with van der Waals surface area (Å²) < 4.78 is 2.40. The highest BCUT2D eigenvalue weighted by Crippen LogP contribution is 2.26. The number of rotatable bonds is 5. The highest BCUT2D eigenvalue weighted by molar-refractivity contribution is 9.10. The van der Waals surface area contributed by atoms with Gasteiger partial charge in [0.15, 0.2) is 22.8 Å². The molecule has 0 bridgehead atoms. The van der Waals surface area contributed by atoms with Gasteiger partial charge in [-0.3, -0.25) is 9.78 Å². The predicted molar refractivity (Wildman–Crippen MR) is 124 cm³/mol. The number of pyridine rings is 1. The lowest BCUT2D eigenvalue weighted by Gasteiger charge is -2.08. The maximum atomic E-state index is 12.8. The number of hydrogen-bond acceptors (Lipinski definition) is 6. The van der Waals surface area contributed by atoms with E-state index in [1.807, 2.05) is 48.5 Å². The van der Waals surface area contributed by atoms with E-state index >= 15 is 0 Å². The lowest BCUT2D eigenvalue weighted by molar-refractivity contribution is 0.0972. The fourth-order valence-corrected chi connectivity index (χ4v) is 3.99. The second-order valence-corrected chi connectivity index (χ2v) is 8.02. The molecule has 0 aliphatic heterocycles. The molecule has 5 aromatic rings. The van der Waals surface area contributed by atoms with Gasteiger partial charge in [-0.2, -0.15) is 9.97 Å². The van der Waals surface area contributed by atoms with Crippen LogP contribution in [0, 0.1) is 0 Å². The fourth-order valence-electron chi connectivity index (χ4n) is 3.32. The topological polar surface area (TPSA) is 85.6 Å². The number of aromatic nitrogens is 5. The Morgan fingerprint density at radius 1 is 1.06 bits per heavy atom. The minimum Gasteiger partial charge on any atom is -0.337 e. The van der Waals surface area contributed by atoms with Gasteiger partial charge in [0.25, 0.3) is 0 Å². The molecule has 9 heteroatoms. The van der Waals surface area contributed by atoms with Gasteiger partial charge in [0, 0.05) is 15.4 Å². The highest BCUT2D eigenvalue weighted by Gasteiger charge is 2.17. The Labute approximate surface area is 190 Å². The average Bonchev–Trinajstić information content (AvgIpc) is 3.16. The second kappa shape index (κ2) is 8.05. The molecule has 0 radical (unpaired) electrons. The van der Waals surface area contributed by atoms with Crippen molar-refractivity contribution in [2.45, 2.75) is 6.54 Å². The third kappa shape index (κ3) is 3.87. The van der Waals surface area contributed by atoms with E-state index in [1.165, 1.54) is 0 Å². The van der Waals surface area contributed by atoms with E-state index in [0.717, 1.165) is 21.1 Å². The van der Waals surface area contributed by atoms with Gasteiger partial charge in [0.1, 0.15) is 0 Å². The van der Waals surface area contributed by atoms with Gasteiger partial charge in [0.2, 0.25) is 5.28 Å². The van der Waals surface area contributed by atoms with E-state index in [0.29, 0.717) is 22.5 Å². The molecule has 0 spiro atoms. The molecule has 0 atom stereocenters. The highest BCUT2D eigenvalue weighted by atomic mass is 79.9. The van der Waals surface area contributed by atoms with Crippen LogP contribution in [-0.4, -0.2) is 30.3 Å². The van der Waals surface area contributed by atoms with Gasteiger partial charge in [-0.25, -0.2) is 4.98 Å². The molecular formula is C22H14BrClN6O. The van der Waals surface area contributed by atoms with Crippen molar-refractivity contribution < 1.29 is 4.79 Å². The van der Waals surface area contributed by atoms with Crippen LogP contribution in [0.2, 0.25) is 5.28 Å². The van der Waals surface area contributed by atoms with Gasteiger partial charge in [-0.15, -0.1) is 0 Å². The van der Waals surface area contributed by atoms with E-state index in [-0.39, 0.29) is 17.6 Å². The molecule has 0 unspecified atom stereocenters. The summed E-state index contributed by atoms with van der Waals surface area (Å²) in [4.78, 5) is 30.2. The third-order valence-corrected chi connectivity index (χ3v) is 5.64. The van der Waals surface area contributed by atoms with Crippen LogP contribution in [-0.2, 0) is 6.54 Å². The number of hydrogen-bond donors (Lipinski definition) is 1. The Bertz CT molecular complexity index is 1450. The number of nitrogens with one attached hydrogen (secondary N) is 1. The fraction of sp³-hybridized carbons (Fsp3) is 0.0455. The van der Waals surface area contributed by atoms with E-state index in [2.05, 4.69) is 41.2 Å². The molecule has 0 saturated heterocycles. The van der Waals surface area contributed by atoms with E-state index < -0.39 is 0 Å². The Morgan fingerprint density at radius 3 is 2.74 bits per heavy atom. The average molecular weight is 494 g/mol. The maximum absolute atomic E-state index is 12.8. The first kappa shape index (κ1) is 19.6. The summed E-state index contributed by atoms with van der Waals surface area (Å²) in [5.41, 5.74) is 3.21. The van der Waals surface area contributed by atoms with Crippen molar-refractivity contribution in [1.82, 2.24) is 24.5 Å². The van der Waals surface area contributed by atoms with E-state index in [1.54, 1.807) is 23.2 Å². The first-order valence-corrected chi connectivity index (χ1v) is 10.5. The van der Waals surface area contributed by atoms with Gasteiger partial charge >= 0.3 is 0 Å². The minimum atomic E-state index is -0.0743. The zero-order chi connectivity index (χ0) is 21.4. The molecule has 1 N–H and O–H groups in total. The summed E-state index contributed by atoms with van der Waals surface area (Å²) in [5, 5.41) is 4.27. The molecule has 5 rings (SSSR count). The Hall–Kier alpha value is -3.36. The summed E-state index contributed by atoms with van der Waals surface area (Å²) in [6, 6.07) is 17.1. The van der Waals surface area contributed by atoms with Gasteiger partial charge in [0.05, 0.1) is 30.3 Å². The zero-order valence-electron chi connectivity index (χ0n) is 16.0. The number of imidazole rings is 1. The molecule has 152 valence electrons. The summed E-state index contributed by atoms with van der Waals surface area (Å²) in [6.07, 6.45) is 3.28. The molecular weight excluding hydrogens is 480 g/mol. The summed E-state index contributed by atoms with van der Waals surface area (Å²) in [7, 11) is 0. The summed E-state index contributed by atoms with van der Waals surface area (Å²) in [5.74, 6) is 0.369. The quantitative estimate of drug-likeness (QED) is 0.260. The molecule has 31 heavy (non-hydrogen) atoms. The maximum Gasteiger partial charge on any atom is 0.226 e. The third-order valence-electron chi connectivity index (χ3n) is 4.78. The van der Waals surface area contributed by atoms with Crippen molar-refractivity contribution in [2.75, 3.05) is 5.32 Å². The molecule has 7 nitrogen and oxygen atoms in total. The Morgan fingerprint density at radius 2 is 1.87 bits per heavy atom. The number of nitrogens with zero attached hydrogens (tertiary/aromatic N) is 5. The first-order chi connectivity index (χ1) is 15.1. The molecule has 0 amide bonds. The van der Waals surface area contributed by atoms with Crippen molar-refractivity contribution in [3.8, 4) is 0 Å². The van der Waals surface area contributed by atoms with Crippen LogP contribution in [0.1, 0.15) is 10.4 Å². The molecule has 3 aromatic heterocycles. The number of ketones is 1. The number of halogens is 2. The number of carbonyl (C=O) groups is 1. The monoisotopic (exact) mass is 492 g/mol. The van der Waals surface area contributed by atoms with Gasteiger partial charge < -0.3 is 9.88 Å². The molecule has 0 aliphatic rings. The van der Waals surface area contributed by atoms with Crippen molar-refractivity contribution >= 4 is 66.9 Å². The molecule has 3 heterocycles. The zero-order valence-corrected chi connectivity index (χ0v) is 18.3. The molecule has 2 aromatic carbocycles. The van der Waals surface area contributed by atoms with Crippen LogP contribution in [0.4, 0.5) is 11.5 Å². The van der Waals surface area contributed by atoms with Crippen molar-refractivity contribution in [3.05, 3.63) is 82.4 Å². The van der Waals surface area contributed by atoms with Crippen molar-refractivity contribution in [2.24, 2.45) is 0 Å².